The molecule has 0 bridgehead atoms. The van der Waals surface area contributed by atoms with Gasteiger partial charge in [-0.25, -0.2) is 0 Å². The van der Waals surface area contributed by atoms with Crippen LogP contribution >= 0.6 is 0 Å². The Morgan fingerprint density at radius 1 is 1.50 bits per heavy atom. The summed E-state index contributed by atoms with van der Waals surface area (Å²) in [6, 6.07) is 1.83. The standard InChI is InChI=1S/C8H6O2/c9-7-3-1-2-6-4-5-10-8(6)7/h1,3-5H,2H2. The summed E-state index contributed by atoms with van der Waals surface area (Å²) in [6.07, 6.45) is 5.76. The largest absolute Gasteiger partial charge is 0.461 e. The summed E-state index contributed by atoms with van der Waals surface area (Å²) in [5, 5.41) is 0. The molecular formula is C8H6O2. The van der Waals surface area contributed by atoms with Crippen molar-refractivity contribution in [1.82, 2.24) is 0 Å². The van der Waals surface area contributed by atoms with Gasteiger partial charge in [0.2, 0.25) is 5.78 Å². The number of allylic oxidation sites excluding steroid dienone is 2. The number of furan rings is 1. The van der Waals surface area contributed by atoms with Crippen molar-refractivity contribution in [3.05, 3.63) is 35.8 Å². The predicted octanol–water partition coefficient (Wildman–Crippen LogP) is 1.57. The third-order valence-electron chi connectivity index (χ3n) is 1.58. The fraction of sp³-hybridized carbons (Fsp3) is 0.125. The van der Waals surface area contributed by atoms with Crippen LogP contribution in [0.3, 0.4) is 0 Å². The van der Waals surface area contributed by atoms with Crippen molar-refractivity contribution in [2.24, 2.45) is 0 Å². The van der Waals surface area contributed by atoms with Gasteiger partial charge in [-0.15, -0.1) is 0 Å². The van der Waals surface area contributed by atoms with Crippen LogP contribution in [0.25, 0.3) is 0 Å². The van der Waals surface area contributed by atoms with Gasteiger partial charge in [0.1, 0.15) is 0 Å². The highest BCUT2D eigenvalue weighted by Crippen LogP contribution is 2.16. The zero-order valence-electron chi connectivity index (χ0n) is 5.33. The van der Waals surface area contributed by atoms with Crippen LogP contribution in [0.15, 0.2) is 28.9 Å². The molecule has 2 nitrogen and oxygen atoms in total. The van der Waals surface area contributed by atoms with Gasteiger partial charge in [-0.1, -0.05) is 6.08 Å². The second-order valence-corrected chi connectivity index (χ2v) is 2.25. The van der Waals surface area contributed by atoms with Gasteiger partial charge in [0.05, 0.1) is 6.26 Å². The second-order valence-electron chi connectivity index (χ2n) is 2.25. The Labute approximate surface area is 58.2 Å². The molecule has 0 saturated carbocycles. The van der Waals surface area contributed by atoms with Crippen molar-refractivity contribution in [1.29, 1.82) is 0 Å². The van der Waals surface area contributed by atoms with Gasteiger partial charge in [-0.05, 0) is 18.6 Å². The SMILES string of the molecule is O=C1C=CCc2ccoc21. The summed E-state index contributed by atoms with van der Waals surface area (Å²) in [4.78, 5) is 11.0. The molecule has 10 heavy (non-hydrogen) atoms. The van der Waals surface area contributed by atoms with E-state index in [2.05, 4.69) is 0 Å². The molecule has 0 atom stereocenters. The van der Waals surface area contributed by atoms with Crippen molar-refractivity contribution < 1.29 is 9.21 Å². The minimum atomic E-state index is -0.0220. The maximum atomic E-state index is 11.0. The quantitative estimate of drug-likeness (QED) is 0.539. The number of ketones is 1. The van der Waals surface area contributed by atoms with Crippen molar-refractivity contribution in [3.8, 4) is 0 Å². The molecule has 0 amide bonds. The lowest BCUT2D eigenvalue weighted by atomic mass is 10.1. The summed E-state index contributed by atoms with van der Waals surface area (Å²) in [5.74, 6) is 0.480. The van der Waals surface area contributed by atoms with Crippen LogP contribution < -0.4 is 0 Å². The summed E-state index contributed by atoms with van der Waals surface area (Å²) in [5.41, 5.74) is 0.993. The monoisotopic (exact) mass is 134 g/mol. The molecular weight excluding hydrogens is 128 g/mol. The first kappa shape index (κ1) is 5.47. The Bertz CT molecular complexity index is 294. The van der Waals surface area contributed by atoms with E-state index in [1.165, 1.54) is 0 Å². The van der Waals surface area contributed by atoms with Gasteiger partial charge in [0.15, 0.2) is 5.76 Å². The van der Waals surface area contributed by atoms with Crippen molar-refractivity contribution in [3.63, 3.8) is 0 Å². The molecule has 1 heterocycles. The summed E-state index contributed by atoms with van der Waals surface area (Å²) >= 11 is 0. The van der Waals surface area contributed by atoms with Gasteiger partial charge in [0.25, 0.3) is 0 Å². The molecule has 0 N–H and O–H groups in total. The summed E-state index contributed by atoms with van der Waals surface area (Å²) in [6.45, 7) is 0. The first-order chi connectivity index (χ1) is 4.88. The Morgan fingerprint density at radius 3 is 3.20 bits per heavy atom. The molecule has 0 spiro atoms. The van der Waals surface area contributed by atoms with E-state index in [0.717, 1.165) is 12.0 Å². The molecule has 1 aromatic rings. The van der Waals surface area contributed by atoms with Crippen LogP contribution in [0.5, 0.6) is 0 Å². The molecule has 0 unspecified atom stereocenters. The van der Waals surface area contributed by atoms with E-state index in [-0.39, 0.29) is 5.78 Å². The Morgan fingerprint density at radius 2 is 2.40 bits per heavy atom. The summed E-state index contributed by atoms with van der Waals surface area (Å²) in [7, 11) is 0. The van der Waals surface area contributed by atoms with Crippen molar-refractivity contribution in [2.75, 3.05) is 0 Å². The normalized spacial score (nSPS) is 15.4. The first-order valence-corrected chi connectivity index (χ1v) is 3.15. The van der Waals surface area contributed by atoms with Crippen LogP contribution in [0.1, 0.15) is 16.1 Å². The number of hydrogen-bond donors (Lipinski definition) is 0. The average Bonchev–Trinajstić information content (AvgIpc) is 2.36. The second kappa shape index (κ2) is 1.84. The molecule has 0 radical (unpaired) electrons. The number of rotatable bonds is 0. The number of hydrogen-bond acceptors (Lipinski definition) is 2. The number of carbonyl (C=O) groups excluding carboxylic acids is 1. The minimum absolute atomic E-state index is 0.0220. The lowest BCUT2D eigenvalue weighted by Crippen LogP contribution is -2.01. The van der Waals surface area contributed by atoms with Crippen LogP contribution in [-0.2, 0) is 6.42 Å². The van der Waals surface area contributed by atoms with Gasteiger partial charge in [-0.2, -0.15) is 0 Å². The lowest BCUT2D eigenvalue weighted by Gasteiger charge is -1.99. The topological polar surface area (TPSA) is 30.2 Å². The molecule has 2 heteroatoms. The lowest BCUT2D eigenvalue weighted by molar-refractivity contribution is 0.101. The number of carbonyl (C=O) groups is 1. The van der Waals surface area contributed by atoms with Gasteiger partial charge in [-0.3, -0.25) is 4.79 Å². The molecule has 0 saturated heterocycles. The van der Waals surface area contributed by atoms with Gasteiger partial charge < -0.3 is 4.42 Å². The molecule has 0 aromatic carbocycles. The third-order valence-corrected chi connectivity index (χ3v) is 1.58. The van der Waals surface area contributed by atoms with Crippen molar-refractivity contribution in [2.45, 2.75) is 6.42 Å². The number of fused-ring (bicyclic) bond motifs is 1. The highest BCUT2D eigenvalue weighted by atomic mass is 16.3. The molecule has 0 fully saturated rings. The smallest absolute Gasteiger partial charge is 0.220 e. The molecule has 1 aliphatic rings. The van der Waals surface area contributed by atoms with E-state index < -0.39 is 0 Å². The van der Waals surface area contributed by atoms with E-state index in [0.29, 0.717) is 5.76 Å². The first-order valence-electron chi connectivity index (χ1n) is 3.15. The Hall–Kier alpha value is -1.31. The van der Waals surface area contributed by atoms with E-state index >= 15 is 0 Å². The van der Waals surface area contributed by atoms with Crippen LogP contribution in [-0.4, -0.2) is 5.78 Å². The van der Waals surface area contributed by atoms with Crippen LogP contribution in [0.2, 0.25) is 0 Å². The fourth-order valence-corrected chi connectivity index (χ4v) is 1.08. The summed E-state index contributed by atoms with van der Waals surface area (Å²) < 4.78 is 4.97. The van der Waals surface area contributed by atoms with E-state index in [4.69, 9.17) is 4.42 Å². The van der Waals surface area contributed by atoms with E-state index in [1.807, 2.05) is 12.1 Å². The predicted molar refractivity (Wildman–Crippen MR) is 35.9 cm³/mol. The Kier molecular flexibility index (Phi) is 1.01. The van der Waals surface area contributed by atoms with Gasteiger partial charge >= 0.3 is 0 Å². The van der Waals surface area contributed by atoms with Gasteiger partial charge in [0, 0.05) is 5.56 Å². The fourth-order valence-electron chi connectivity index (χ4n) is 1.08. The highest BCUT2D eigenvalue weighted by Gasteiger charge is 2.14. The zero-order valence-corrected chi connectivity index (χ0v) is 5.33. The van der Waals surface area contributed by atoms with Crippen LogP contribution in [0, 0.1) is 0 Å². The van der Waals surface area contributed by atoms with Crippen molar-refractivity contribution >= 4 is 5.78 Å². The molecule has 0 aliphatic heterocycles. The van der Waals surface area contributed by atoms with E-state index in [1.54, 1.807) is 12.3 Å². The average molecular weight is 134 g/mol. The Balaban J connectivity index is 2.58. The zero-order chi connectivity index (χ0) is 6.97. The minimum Gasteiger partial charge on any atom is -0.461 e. The maximum Gasteiger partial charge on any atom is 0.220 e. The van der Waals surface area contributed by atoms with Crippen LogP contribution in [0.4, 0.5) is 0 Å². The highest BCUT2D eigenvalue weighted by molar-refractivity contribution is 6.04. The molecule has 1 aromatic heterocycles. The molecule has 1 aliphatic carbocycles. The molecule has 50 valence electrons. The molecule has 2 rings (SSSR count). The maximum absolute atomic E-state index is 11.0. The van der Waals surface area contributed by atoms with E-state index in [9.17, 15) is 4.79 Å². The third kappa shape index (κ3) is 0.620.